The van der Waals surface area contributed by atoms with Crippen LogP contribution < -0.4 is 5.32 Å². The minimum absolute atomic E-state index is 1.20. The highest BCUT2D eigenvalue weighted by atomic mass is 15.0. The van der Waals surface area contributed by atoms with Crippen molar-refractivity contribution in [3.8, 4) is 16.8 Å². The molecule has 2 N–H and O–H groups in total. The van der Waals surface area contributed by atoms with Gasteiger partial charge in [-0.3, -0.25) is 5.32 Å². The number of hydrogen-bond acceptors (Lipinski definition) is 0. The second-order valence-electron chi connectivity index (χ2n) is 6.88. The van der Waals surface area contributed by atoms with Gasteiger partial charge in [-0.25, -0.2) is 0 Å². The highest BCUT2D eigenvalue weighted by Crippen LogP contribution is 2.41. The summed E-state index contributed by atoms with van der Waals surface area (Å²) in [7, 11) is 0. The number of nitrogens with two attached hydrogens (primary N) is 1. The van der Waals surface area contributed by atoms with Gasteiger partial charge < -0.3 is 4.57 Å². The molecule has 0 bridgehead atoms. The first-order valence-electron chi connectivity index (χ1n) is 8.97. The molecule has 0 unspecified atom stereocenters. The van der Waals surface area contributed by atoms with Crippen molar-refractivity contribution in [2.75, 3.05) is 0 Å². The van der Waals surface area contributed by atoms with Gasteiger partial charge >= 0.3 is 0 Å². The molecule has 0 atom stereocenters. The molecule has 26 heavy (non-hydrogen) atoms. The number of aromatic nitrogens is 1. The van der Waals surface area contributed by atoms with Crippen LogP contribution in [0.25, 0.3) is 38.6 Å². The molecule has 0 fully saturated rings. The molecule has 0 spiro atoms. The maximum atomic E-state index is 2.38. The molecule has 0 amide bonds. The summed E-state index contributed by atoms with van der Waals surface area (Å²) < 4.78 is 2.38. The van der Waals surface area contributed by atoms with Crippen molar-refractivity contribution >= 4 is 33.2 Å². The lowest BCUT2D eigenvalue weighted by molar-refractivity contribution is -0.473. The molecule has 0 saturated heterocycles. The molecule has 1 aromatic heterocycles. The minimum Gasteiger partial charge on any atom is -0.309 e. The summed E-state index contributed by atoms with van der Waals surface area (Å²) in [5.74, 6) is 0. The van der Waals surface area contributed by atoms with Gasteiger partial charge in [-0.2, -0.15) is 0 Å². The van der Waals surface area contributed by atoms with Crippen molar-refractivity contribution in [1.29, 1.82) is 0 Å². The smallest absolute Gasteiger partial charge is 0.144 e. The zero-order valence-corrected chi connectivity index (χ0v) is 14.2. The van der Waals surface area contributed by atoms with E-state index in [1.165, 1.54) is 50.0 Å². The Kier molecular flexibility index (Phi) is 2.71. The van der Waals surface area contributed by atoms with Crippen molar-refractivity contribution < 1.29 is 5.32 Å². The van der Waals surface area contributed by atoms with Crippen LogP contribution in [0.15, 0.2) is 91.0 Å². The van der Waals surface area contributed by atoms with Crippen molar-refractivity contribution in [2.24, 2.45) is 0 Å². The molecule has 2 heterocycles. The lowest BCUT2D eigenvalue weighted by Gasteiger charge is -2.07. The first-order valence-corrected chi connectivity index (χ1v) is 8.97. The lowest BCUT2D eigenvalue weighted by Crippen LogP contribution is -2.69. The van der Waals surface area contributed by atoms with E-state index in [1.54, 1.807) is 0 Å². The van der Waals surface area contributed by atoms with Crippen LogP contribution in [-0.2, 0) is 0 Å². The van der Waals surface area contributed by atoms with E-state index in [1.807, 2.05) is 0 Å². The fraction of sp³-hybridized carbons (Fsp3) is 0. The van der Waals surface area contributed by atoms with E-state index in [0.29, 0.717) is 0 Å². The molecule has 0 saturated carbocycles. The van der Waals surface area contributed by atoms with Crippen molar-refractivity contribution in [2.45, 2.75) is 0 Å². The number of rotatable bonds is 1. The van der Waals surface area contributed by atoms with E-state index < -0.39 is 0 Å². The summed E-state index contributed by atoms with van der Waals surface area (Å²) in [6.45, 7) is 0. The van der Waals surface area contributed by atoms with Gasteiger partial charge in [-0.15, -0.1) is 0 Å². The normalized spacial score (nSPS) is 12.5. The van der Waals surface area contributed by atoms with Gasteiger partial charge in [0.2, 0.25) is 0 Å². The average molecular weight is 333 g/mol. The highest BCUT2D eigenvalue weighted by molar-refractivity contribution is 6.12. The first kappa shape index (κ1) is 13.9. The van der Waals surface area contributed by atoms with Crippen LogP contribution >= 0.6 is 0 Å². The van der Waals surface area contributed by atoms with E-state index in [9.17, 15) is 0 Å². The minimum atomic E-state index is 1.20. The first-order chi connectivity index (χ1) is 12.9. The molecule has 122 valence electrons. The molecule has 1 aliphatic heterocycles. The largest absolute Gasteiger partial charge is 0.309 e. The Morgan fingerprint density at radius 2 is 1.31 bits per heavy atom. The van der Waals surface area contributed by atoms with Crippen LogP contribution in [0.2, 0.25) is 0 Å². The van der Waals surface area contributed by atoms with Crippen LogP contribution in [0.5, 0.6) is 0 Å². The fourth-order valence-corrected chi connectivity index (χ4v) is 4.27. The predicted molar refractivity (Wildman–Crippen MR) is 107 cm³/mol. The third kappa shape index (κ3) is 1.79. The van der Waals surface area contributed by atoms with E-state index in [4.69, 9.17) is 0 Å². The Morgan fingerprint density at radius 3 is 2.23 bits per heavy atom. The quantitative estimate of drug-likeness (QED) is 0.395. The number of hydrogen-bond donors (Lipinski definition) is 1. The molecule has 4 aromatic carbocycles. The molecular weight excluding hydrogens is 316 g/mol. The Hall–Kier alpha value is -3.36. The standard InChI is InChI=1S/C24H16N2/c1-2-8-16(9-3-1)26-23-13-7-5-11-18(23)20-14-19-17-10-4-6-12-21(17)25-22(19)15-24(20)26/h1-15,25H/p+1. The zero-order chi connectivity index (χ0) is 17.1. The molecule has 6 rings (SSSR count). The third-order valence-corrected chi connectivity index (χ3v) is 5.42. The van der Waals surface area contributed by atoms with Crippen LogP contribution in [0.1, 0.15) is 0 Å². The number of fused-ring (bicyclic) bond motifs is 6. The molecule has 2 heteroatoms. The third-order valence-electron chi connectivity index (χ3n) is 5.42. The van der Waals surface area contributed by atoms with E-state index in [0.717, 1.165) is 0 Å². The number of para-hydroxylation sites is 3. The Bertz CT molecular complexity index is 1300. The Balaban J connectivity index is 1.76. The van der Waals surface area contributed by atoms with Gasteiger partial charge in [0, 0.05) is 39.7 Å². The second-order valence-corrected chi connectivity index (χ2v) is 6.88. The molecule has 0 aliphatic carbocycles. The van der Waals surface area contributed by atoms with Crippen molar-refractivity contribution in [3.05, 3.63) is 91.0 Å². The number of nitrogens with zero attached hydrogens (tertiary/aromatic N) is 1. The van der Waals surface area contributed by atoms with Crippen LogP contribution in [0.4, 0.5) is 11.4 Å². The monoisotopic (exact) mass is 333 g/mol. The van der Waals surface area contributed by atoms with Gasteiger partial charge in [0.15, 0.2) is 0 Å². The van der Waals surface area contributed by atoms with E-state index >= 15 is 0 Å². The maximum Gasteiger partial charge on any atom is 0.144 e. The second kappa shape index (κ2) is 5.07. The predicted octanol–water partition coefficient (Wildman–Crippen LogP) is 5.29. The van der Waals surface area contributed by atoms with Crippen molar-refractivity contribution in [1.82, 2.24) is 4.57 Å². The Morgan fingerprint density at radius 1 is 0.538 bits per heavy atom. The van der Waals surface area contributed by atoms with Crippen molar-refractivity contribution in [3.63, 3.8) is 0 Å². The number of quaternary nitrogens is 1. The molecule has 1 aliphatic rings. The summed E-state index contributed by atoms with van der Waals surface area (Å²) in [6, 6.07) is 32.7. The Labute approximate surface area is 151 Å². The highest BCUT2D eigenvalue weighted by Gasteiger charge is 2.25. The summed E-state index contributed by atoms with van der Waals surface area (Å²) >= 11 is 0. The fourth-order valence-electron chi connectivity index (χ4n) is 4.27. The summed E-state index contributed by atoms with van der Waals surface area (Å²) in [6.07, 6.45) is 0. The summed E-state index contributed by atoms with van der Waals surface area (Å²) in [5, 5.41) is 4.92. The van der Waals surface area contributed by atoms with Gasteiger partial charge in [-0.05, 0) is 30.3 Å². The SMILES string of the molecule is c1ccc(-n2c3ccccc3c3cc4c(cc32)[NH2+]c2ccccc2-4)cc1. The summed E-state index contributed by atoms with van der Waals surface area (Å²) in [5.41, 5.74) is 9.01. The van der Waals surface area contributed by atoms with Crippen LogP contribution in [0.3, 0.4) is 0 Å². The number of benzene rings is 4. The molecule has 0 radical (unpaired) electrons. The van der Waals surface area contributed by atoms with Gasteiger partial charge in [0.25, 0.3) is 0 Å². The van der Waals surface area contributed by atoms with E-state index in [-0.39, 0.29) is 0 Å². The van der Waals surface area contributed by atoms with E-state index in [2.05, 4.69) is 101 Å². The van der Waals surface area contributed by atoms with Crippen LogP contribution in [-0.4, -0.2) is 4.57 Å². The topological polar surface area (TPSA) is 21.5 Å². The molecule has 2 nitrogen and oxygen atoms in total. The molecule has 5 aromatic rings. The maximum absolute atomic E-state index is 2.38. The van der Waals surface area contributed by atoms with Crippen LogP contribution in [0, 0.1) is 0 Å². The van der Waals surface area contributed by atoms with Gasteiger partial charge in [0.1, 0.15) is 11.4 Å². The lowest BCUT2D eigenvalue weighted by atomic mass is 10.0. The van der Waals surface area contributed by atoms with Gasteiger partial charge in [-0.1, -0.05) is 48.5 Å². The average Bonchev–Trinajstić information content (AvgIpc) is 3.22. The molecular formula is C24H17N2+. The van der Waals surface area contributed by atoms with Gasteiger partial charge in [0.05, 0.1) is 11.0 Å². The zero-order valence-electron chi connectivity index (χ0n) is 14.2. The summed E-state index contributed by atoms with van der Waals surface area (Å²) in [4.78, 5) is 0.